The van der Waals surface area contributed by atoms with Gasteiger partial charge in [-0.1, -0.05) is 36.4 Å². The summed E-state index contributed by atoms with van der Waals surface area (Å²) in [6, 6.07) is 15.0. The third-order valence-electron chi connectivity index (χ3n) is 4.39. The van der Waals surface area contributed by atoms with Crippen LogP contribution in [-0.2, 0) is 11.2 Å². The van der Waals surface area contributed by atoms with Crippen LogP contribution in [0.4, 0.5) is 0 Å². The highest BCUT2D eigenvalue weighted by atomic mass is 16.5. The molecule has 0 aliphatic heterocycles. The first-order valence-corrected chi connectivity index (χ1v) is 7.97. The monoisotopic (exact) mass is 323 g/mol. The molecule has 0 saturated carbocycles. The number of ether oxygens (including phenoxy) is 1. The highest BCUT2D eigenvalue weighted by Crippen LogP contribution is 2.31. The lowest BCUT2D eigenvalue weighted by molar-refractivity contribution is -0.117. The van der Waals surface area contributed by atoms with Gasteiger partial charge in [-0.25, -0.2) is 0 Å². The Bertz CT molecular complexity index is 765. The van der Waals surface area contributed by atoms with Gasteiger partial charge in [0.1, 0.15) is 5.75 Å². The normalized spacial score (nSPS) is 19.7. The van der Waals surface area contributed by atoms with Crippen molar-refractivity contribution in [2.24, 2.45) is 0 Å². The van der Waals surface area contributed by atoms with E-state index in [9.17, 15) is 9.90 Å². The van der Waals surface area contributed by atoms with Crippen LogP contribution in [0.5, 0.6) is 5.75 Å². The van der Waals surface area contributed by atoms with E-state index in [1.165, 1.54) is 0 Å². The highest BCUT2D eigenvalue weighted by molar-refractivity contribution is 5.95. The second-order valence-electron chi connectivity index (χ2n) is 6.01. The van der Waals surface area contributed by atoms with Gasteiger partial charge in [-0.05, 0) is 41.3 Å². The van der Waals surface area contributed by atoms with Crippen LogP contribution in [0.1, 0.15) is 29.7 Å². The Balaban J connectivity index is 1.72. The lowest BCUT2D eigenvalue weighted by Crippen LogP contribution is -2.32. The highest BCUT2D eigenvalue weighted by Gasteiger charge is 2.31. The number of amides is 1. The summed E-state index contributed by atoms with van der Waals surface area (Å²) in [6.45, 7) is 1.89. The smallest absolute Gasteiger partial charge is 0.244 e. The SMILES string of the molecule is COc1ccc(/C(C)=C/C(=O)NC2c3ccccc3CC2O)cc1. The van der Waals surface area contributed by atoms with Gasteiger partial charge in [-0.2, -0.15) is 0 Å². The zero-order valence-corrected chi connectivity index (χ0v) is 13.8. The quantitative estimate of drug-likeness (QED) is 0.851. The fourth-order valence-electron chi connectivity index (χ4n) is 3.08. The number of aliphatic hydroxyl groups is 1. The maximum Gasteiger partial charge on any atom is 0.244 e. The Hall–Kier alpha value is -2.59. The molecule has 2 unspecified atom stereocenters. The van der Waals surface area contributed by atoms with Crippen LogP contribution in [0.25, 0.3) is 5.57 Å². The Kier molecular flexibility index (Phi) is 4.67. The molecule has 4 heteroatoms. The van der Waals surface area contributed by atoms with Gasteiger partial charge in [-0.15, -0.1) is 0 Å². The largest absolute Gasteiger partial charge is 0.497 e. The Morgan fingerprint density at radius 1 is 1.21 bits per heavy atom. The van der Waals surface area contributed by atoms with Crippen molar-refractivity contribution in [2.45, 2.75) is 25.5 Å². The summed E-state index contributed by atoms with van der Waals surface area (Å²) in [6.07, 6.45) is 1.55. The van der Waals surface area contributed by atoms with E-state index < -0.39 is 6.10 Å². The molecule has 0 aromatic heterocycles. The zero-order valence-electron chi connectivity index (χ0n) is 13.8. The van der Waals surface area contributed by atoms with Crippen molar-refractivity contribution in [1.29, 1.82) is 0 Å². The number of carbonyl (C=O) groups is 1. The molecule has 1 aliphatic carbocycles. The van der Waals surface area contributed by atoms with Crippen LogP contribution in [0, 0.1) is 0 Å². The zero-order chi connectivity index (χ0) is 17.1. The van der Waals surface area contributed by atoms with Crippen LogP contribution in [0.2, 0.25) is 0 Å². The molecule has 1 amide bonds. The fraction of sp³-hybridized carbons (Fsp3) is 0.250. The number of fused-ring (bicyclic) bond motifs is 1. The van der Waals surface area contributed by atoms with Crippen LogP contribution in [0.3, 0.4) is 0 Å². The van der Waals surface area contributed by atoms with Crippen molar-refractivity contribution in [2.75, 3.05) is 7.11 Å². The predicted octanol–water partition coefficient (Wildman–Crippen LogP) is 2.87. The van der Waals surface area contributed by atoms with Crippen molar-refractivity contribution < 1.29 is 14.6 Å². The van der Waals surface area contributed by atoms with Crippen LogP contribution in [-0.4, -0.2) is 24.2 Å². The number of rotatable bonds is 4. The fourth-order valence-corrected chi connectivity index (χ4v) is 3.08. The minimum atomic E-state index is -0.582. The molecule has 0 saturated heterocycles. The summed E-state index contributed by atoms with van der Waals surface area (Å²) < 4.78 is 5.14. The topological polar surface area (TPSA) is 58.6 Å². The second kappa shape index (κ2) is 6.89. The summed E-state index contributed by atoms with van der Waals surface area (Å²) in [4.78, 5) is 12.3. The van der Waals surface area contributed by atoms with E-state index in [1.807, 2.05) is 55.5 Å². The summed E-state index contributed by atoms with van der Waals surface area (Å²) in [5.41, 5.74) is 3.90. The molecular weight excluding hydrogens is 302 g/mol. The first-order valence-electron chi connectivity index (χ1n) is 7.97. The van der Waals surface area contributed by atoms with Crippen molar-refractivity contribution >= 4 is 11.5 Å². The molecule has 2 aromatic carbocycles. The summed E-state index contributed by atoms with van der Waals surface area (Å²) >= 11 is 0. The predicted molar refractivity (Wildman–Crippen MR) is 93.7 cm³/mol. The molecule has 124 valence electrons. The molecule has 0 fully saturated rings. The third-order valence-corrected chi connectivity index (χ3v) is 4.39. The summed E-state index contributed by atoms with van der Waals surface area (Å²) in [5, 5.41) is 13.1. The minimum Gasteiger partial charge on any atom is -0.497 e. The van der Waals surface area contributed by atoms with Crippen LogP contribution in [0.15, 0.2) is 54.6 Å². The standard InChI is InChI=1S/C20H21NO3/c1-13(14-7-9-16(24-2)10-8-14)11-19(23)21-20-17-6-4-3-5-15(17)12-18(20)22/h3-11,18,20,22H,12H2,1-2H3,(H,21,23)/b13-11+. The number of nitrogens with one attached hydrogen (secondary N) is 1. The van der Waals surface area contributed by atoms with Crippen molar-refractivity contribution in [3.8, 4) is 5.75 Å². The summed E-state index contributed by atoms with van der Waals surface area (Å²) in [5.74, 6) is 0.575. The lowest BCUT2D eigenvalue weighted by atomic mass is 10.1. The van der Waals surface area contributed by atoms with E-state index in [1.54, 1.807) is 13.2 Å². The minimum absolute atomic E-state index is 0.205. The van der Waals surface area contributed by atoms with Crippen LogP contribution >= 0.6 is 0 Å². The van der Waals surface area contributed by atoms with Gasteiger partial charge in [0.05, 0.1) is 19.3 Å². The lowest BCUT2D eigenvalue weighted by Gasteiger charge is -2.17. The molecule has 4 nitrogen and oxygen atoms in total. The Morgan fingerprint density at radius 2 is 1.92 bits per heavy atom. The Labute approximate surface area is 141 Å². The van der Waals surface area contributed by atoms with Gasteiger partial charge in [0, 0.05) is 12.5 Å². The Morgan fingerprint density at radius 3 is 2.62 bits per heavy atom. The molecular formula is C20H21NO3. The number of carbonyl (C=O) groups excluding carboxylic acids is 1. The van der Waals surface area contributed by atoms with Crippen molar-refractivity contribution in [3.05, 3.63) is 71.3 Å². The van der Waals surface area contributed by atoms with E-state index in [-0.39, 0.29) is 11.9 Å². The number of aliphatic hydroxyl groups excluding tert-OH is 1. The van der Waals surface area contributed by atoms with E-state index in [0.29, 0.717) is 6.42 Å². The van der Waals surface area contributed by atoms with Gasteiger partial charge >= 0.3 is 0 Å². The van der Waals surface area contributed by atoms with Gasteiger partial charge in [0.15, 0.2) is 0 Å². The molecule has 24 heavy (non-hydrogen) atoms. The van der Waals surface area contributed by atoms with E-state index in [0.717, 1.165) is 28.0 Å². The number of benzene rings is 2. The van der Waals surface area contributed by atoms with E-state index >= 15 is 0 Å². The van der Waals surface area contributed by atoms with Crippen LogP contribution < -0.4 is 10.1 Å². The third kappa shape index (κ3) is 3.34. The summed E-state index contributed by atoms with van der Waals surface area (Å²) in [7, 11) is 1.62. The van der Waals surface area contributed by atoms with Crippen molar-refractivity contribution in [3.63, 3.8) is 0 Å². The molecule has 0 bridgehead atoms. The van der Waals surface area contributed by atoms with E-state index in [4.69, 9.17) is 4.74 Å². The molecule has 3 rings (SSSR count). The molecule has 0 spiro atoms. The molecule has 0 radical (unpaired) electrons. The van der Waals surface area contributed by atoms with Gasteiger partial charge in [0.2, 0.25) is 5.91 Å². The molecule has 2 N–H and O–H groups in total. The molecule has 2 atom stereocenters. The molecule has 2 aromatic rings. The maximum atomic E-state index is 12.3. The first kappa shape index (κ1) is 16.3. The average molecular weight is 323 g/mol. The van der Waals surface area contributed by atoms with Gasteiger partial charge in [0.25, 0.3) is 0 Å². The van der Waals surface area contributed by atoms with Gasteiger partial charge < -0.3 is 15.2 Å². The number of methoxy groups -OCH3 is 1. The number of allylic oxidation sites excluding steroid dienone is 1. The maximum absolute atomic E-state index is 12.3. The van der Waals surface area contributed by atoms with E-state index in [2.05, 4.69) is 5.32 Å². The van der Waals surface area contributed by atoms with Gasteiger partial charge in [-0.3, -0.25) is 4.79 Å². The van der Waals surface area contributed by atoms with Crippen molar-refractivity contribution in [1.82, 2.24) is 5.32 Å². The first-order chi connectivity index (χ1) is 11.6. The number of hydrogen-bond donors (Lipinski definition) is 2. The second-order valence-corrected chi connectivity index (χ2v) is 6.01. The average Bonchev–Trinajstić information content (AvgIpc) is 2.90. The number of hydrogen-bond acceptors (Lipinski definition) is 3. The molecule has 1 aliphatic rings. The molecule has 0 heterocycles.